The van der Waals surface area contributed by atoms with Gasteiger partial charge >= 0.3 is 0 Å². The minimum Gasteiger partial charge on any atom is -0.368 e. The summed E-state index contributed by atoms with van der Waals surface area (Å²) in [5.74, 6) is 0.431. The van der Waals surface area contributed by atoms with Gasteiger partial charge in [0.25, 0.3) is 0 Å². The number of ketones is 1. The maximum atomic E-state index is 13.6. The number of hydrogen-bond donors (Lipinski definition) is 0. The molecule has 0 spiro atoms. The van der Waals surface area contributed by atoms with Gasteiger partial charge in [-0.3, -0.25) is 4.79 Å². The van der Waals surface area contributed by atoms with E-state index in [1.54, 1.807) is 6.92 Å². The second-order valence-electron chi connectivity index (χ2n) is 5.66. The zero-order valence-electron chi connectivity index (χ0n) is 10.9. The largest absolute Gasteiger partial charge is 0.368 e. The van der Waals surface area contributed by atoms with Crippen LogP contribution in [-0.2, 0) is 0 Å². The lowest BCUT2D eigenvalue weighted by molar-refractivity contribution is 0.101. The van der Waals surface area contributed by atoms with Gasteiger partial charge in [-0.2, -0.15) is 0 Å². The highest BCUT2D eigenvalue weighted by Crippen LogP contribution is 2.41. The Balaban J connectivity index is 2.05. The topological polar surface area (TPSA) is 20.3 Å². The lowest BCUT2D eigenvalue weighted by Crippen LogP contribution is -2.33. The predicted molar refractivity (Wildman–Crippen MR) is 69.6 cm³/mol. The summed E-state index contributed by atoms with van der Waals surface area (Å²) in [6.07, 6.45) is 3.74. The van der Waals surface area contributed by atoms with Crippen LogP contribution in [0.3, 0.4) is 0 Å². The Hall–Kier alpha value is -1.38. The molecule has 0 radical (unpaired) electrons. The van der Waals surface area contributed by atoms with Crippen LogP contribution in [0.25, 0.3) is 0 Å². The first-order valence-corrected chi connectivity index (χ1v) is 6.64. The second kappa shape index (κ2) is 4.08. The van der Waals surface area contributed by atoms with Crippen molar-refractivity contribution in [3.8, 4) is 0 Å². The zero-order chi connectivity index (χ0) is 12.9. The van der Waals surface area contributed by atoms with E-state index in [-0.39, 0.29) is 11.6 Å². The molecule has 1 heterocycles. The number of benzene rings is 1. The Morgan fingerprint density at radius 1 is 1.39 bits per heavy atom. The molecule has 2 atom stereocenters. The van der Waals surface area contributed by atoms with Crippen molar-refractivity contribution < 1.29 is 9.18 Å². The highest BCUT2D eigenvalue weighted by Gasteiger charge is 2.38. The van der Waals surface area contributed by atoms with Gasteiger partial charge in [-0.15, -0.1) is 0 Å². The maximum absolute atomic E-state index is 13.6. The summed E-state index contributed by atoms with van der Waals surface area (Å²) in [5.41, 5.74) is 2.09. The third kappa shape index (κ3) is 1.73. The van der Waals surface area contributed by atoms with Crippen molar-refractivity contribution in [1.82, 2.24) is 0 Å². The van der Waals surface area contributed by atoms with E-state index < -0.39 is 0 Å². The first-order valence-electron chi connectivity index (χ1n) is 6.64. The zero-order valence-corrected chi connectivity index (χ0v) is 10.9. The standard InChI is InChI=1S/C15H18FNO/c1-9-5-15(13(10(2)18)7-14(9)16)17-8-11-3-4-12(17)6-11/h5,7,11-12H,3-4,6,8H2,1-2H3. The normalized spacial score (nSPS) is 25.8. The summed E-state index contributed by atoms with van der Waals surface area (Å²) < 4.78 is 13.6. The van der Waals surface area contributed by atoms with Gasteiger partial charge in [0, 0.05) is 23.8 Å². The number of carbonyl (C=O) groups excluding carboxylic acids is 1. The SMILES string of the molecule is CC(=O)c1cc(F)c(C)cc1N1CC2CCC1C2. The number of aryl methyl sites for hydroxylation is 1. The maximum Gasteiger partial charge on any atom is 0.161 e. The highest BCUT2D eigenvalue weighted by molar-refractivity contribution is 6.00. The minimum absolute atomic E-state index is 0.0494. The summed E-state index contributed by atoms with van der Waals surface area (Å²) in [7, 11) is 0. The molecule has 2 nitrogen and oxygen atoms in total. The lowest BCUT2D eigenvalue weighted by atomic mass is 10.0. The van der Waals surface area contributed by atoms with Gasteiger partial charge in [0.2, 0.25) is 0 Å². The third-order valence-electron chi connectivity index (χ3n) is 4.37. The molecule has 2 fully saturated rings. The quantitative estimate of drug-likeness (QED) is 0.747. The van der Waals surface area contributed by atoms with E-state index >= 15 is 0 Å². The van der Waals surface area contributed by atoms with Crippen LogP contribution in [0.4, 0.5) is 10.1 Å². The van der Waals surface area contributed by atoms with Crippen LogP contribution in [0.5, 0.6) is 0 Å². The van der Waals surface area contributed by atoms with Crippen LogP contribution in [0.15, 0.2) is 12.1 Å². The molecule has 2 unspecified atom stereocenters. The van der Waals surface area contributed by atoms with E-state index in [2.05, 4.69) is 4.90 Å². The number of rotatable bonds is 2. The van der Waals surface area contributed by atoms with E-state index in [0.717, 1.165) is 18.2 Å². The van der Waals surface area contributed by atoms with Crippen molar-refractivity contribution in [2.75, 3.05) is 11.4 Å². The van der Waals surface area contributed by atoms with E-state index in [1.807, 2.05) is 6.07 Å². The number of carbonyl (C=O) groups is 1. The molecule has 0 amide bonds. The number of anilines is 1. The molecule has 1 aromatic carbocycles. The lowest BCUT2D eigenvalue weighted by Gasteiger charge is -2.31. The van der Waals surface area contributed by atoms with E-state index in [4.69, 9.17) is 0 Å². The smallest absolute Gasteiger partial charge is 0.161 e. The average Bonchev–Trinajstić information content (AvgIpc) is 2.93. The van der Waals surface area contributed by atoms with Gasteiger partial charge in [0.1, 0.15) is 5.82 Å². The van der Waals surface area contributed by atoms with E-state index in [0.29, 0.717) is 17.2 Å². The summed E-state index contributed by atoms with van der Waals surface area (Å²) in [6, 6.07) is 3.80. The third-order valence-corrected chi connectivity index (χ3v) is 4.37. The number of fused-ring (bicyclic) bond motifs is 2. The molecule has 1 saturated heterocycles. The van der Waals surface area contributed by atoms with Gasteiger partial charge in [0.15, 0.2) is 5.78 Å². The fourth-order valence-electron chi connectivity index (χ4n) is 3.41. The fourth-order valence-corrected chi connectivity index (χ4v) is 3.41. The molecule has 1 aromatic rings. The number of nitrogens with zero attached hydrogens (tertiary/aromatic N) is 1. The molecule has 2 bridgehead atoms. The van der Waals surface area contributed by atoms with Crippen molar-refractivity contribution in [2.45, 2.75) is 39.2 Å². The number of Topliss-reactive ketones (excluding diaryl/α,β-unsaturated/α-hetero) is 1. The molecule has 1 aliphatic carbocycles. The van der Waals surface area contributed by atoms with Crippen LogP contribution < -0.4 is 4.90 Å². The molecular weight excluding hydrogens is 229 g/mol. The van der Waals surface area contributed by atoms with Crippen LogP contribution in [0, 0.1) is 18.7 Å². The summed E-state index contributed by atoms with van der Waals surface area (Å²) >= 11 is 0. The van der Waals surface area contributed by atoms with Gasteiger partial charge in [0.05, 0.1) is 0 Å². The molecular formula is C15H18FNO. The minimum atomic E-state index is -0.284. The second-order valence-corrected chi connectivity index (χ2v) is 5.66. The molecule has 0 aromatic heterocycles. The van der Waals surface area contributed by atoms with E-state index in [1.165, 1.54) is 32.3 Å². The molecule has 96 valence electrons. The summed E-state index contributed by atoms with van der Waals surface area (Å²) in [6.45, 7) is 4.30. The Labute approximate surface area is 107 Å². The van der Waals surface area contributed by atoms with Crippen LogP contribution in [-0.4, -0.2) is 18.4 Å². The van der Waals surface area contributed by atoms with Crippen LogP contribution in [0.2, 0.25) is 0 Å². The first-order chi connectivity index (χ1) is 8.56. The number of hydrogen-bond acceptors (Lipinski definition) is 2. The molecule has 1 aliphatic heterocycles. The van der Waals surface area contributed by atoms with Crippen molar-refractivity contribution in [2.24, 2.45) is 5.92 Å². The Morgan fingerprint density at radius 2 is 2.17 bits per heavy atom. The summed E-state index contributed by atoms with van der Waals surface area (Å²) in [4.78, 5) is 14.0. The van der Waals surface area contributed by atoms with Gasteiger partial charge < -0.3 is 4.90 Å². The summed E-state index contributed by atoms with van der Waals surface area (Å²) in [5, 5.41) is 0. The Kier molecular flexibility index (Phi) is 2.65. The monoisotopic (exact) mass is 247 g/mol. The predicted octanol–water partition coefficient (Wildman–Crippen LogP) is 3.33. The fraction of sp³-hybridized carbons (Fsp3) is 0.533. The van der Waals surface area contributed by atoms with Gasteiger partial charge in [-0.05, 0) is 56.7 Å². The molecule has 1 saturated carbocycles. The molecule has 18 heavy (non-hydrogen) atoms. The molecule has 3 heteroatoms. The van der Waals surface area contributed by atoms with Gasteiger partial charge in [-0.25, -0.2) is 4.39 Å². The van der Waals surface area contributed by atoms with Crippen molar-refractivity contribution in [3.63, 3.8) is 0 Å². The van der Waals surface area contributed by atoms with Crippen LogP contribution in [0.1, 0.15) is 42.1 Å². The molecule has 3 rings (SSSR count). The average molecular weight is 247 g/mol. The van der Waals surface area contributed by atoms with E-state index in [9.17, 15) is 9.18 Å². The molecule has 0 N–H and O–H groups in total. The number of piperidine rings is 1. The molecule has 2 aliphatic rings. The van der Waals surface area contributed by atoms with Crippen molar-refractivity contribution >= 4 is 11.5 Å². The van der Waals surface area contributed by atoms with Gasteiger partial charge in [-0.1, -0.05) is 0 Å². The number of halogens is 1. The highest BCUT2D eigenvalue weighted by atomic mass is 19.1. The van der Waals surface area contributed by atoms with Crippen molar-refractivity contribution in [1.29, 1.82) is 0 Å². The Morgan fingerprint density at radius 3 is 2.72 bits per heavy atom. The van der Waals surface area contributed by atoms with Crippen LogP contribution >= 0.6 is 0 Å². The first kappa shape index (κ1) is 11.7. The van der Waals surface area contributed by atoms with Crippen molar-refractivity contribution in [3.05, 3.63) is 29.1 Å². The Bertz CT molecular complexity index is 511.